The molecule has 2 rings (SSSR count). The minimum atomic E-state index is -0.277. The maximum Gasteiger partial charge on any atom is 0.168 e. The van der Waals surface area contributed by atoms with Gasteiger partial charge in [-0.15, -0.1) is 0 Å². The zero-order valence-corrected chi connectivity index (χ0v) is 12.7. The Kier molecular flexibility index (Phi) is 6.13. The molecule has 1 fully saturated rings. The Balaban J connectivity index is 1.91. The second-order valence-electron chi connectivity index (χ2n) is 5.24. The van der Waals surface area contributed by atoms with Crippen molar-refractivity contribution >= 4 is 11.8 Å². The molecule has 0 aromatic heterocycles. The number of methoxy groups -OCH3 is 1. The third-order valence-electron chi connectivity index (χ3n) is 3.80. The fraction of sp³-hybridized carbons (Fsp3) is 0.600. The molecule has 0 bridgehead atoms. The van der Waals surface area contributed by atoms with E-state index < -0.39 is 0 Å². The molecule has 20 heavy (non-hydrogen) atoms. The molecule has 0 amide bonds. The van der Waals surface area contributed by atoms with Gasteiger partial charge < -0.3 is 4.74 Å². The minimum absolute atomic E-state index is 0.0854. The molecule has 3 N–H and O–H groups in total. The summed E-state index contributed by atoms with van der Waals surface area (Å²) in [6.45, 7) is 0. The highest BCUT2D eigenvalue weighted by atomic mass is 32.2. The molecule has 0 spiro atoms. The number of benzene rings is 1. The first-order chi connectivity index (χ1) is 9.74. The summed E-state index contributed by atoms with van der Waals surface area (Å²) in [6, 6.07) is 5.33. The maximum absolute atomic E-state index is 14.1. The quantitative estimate of drug-likeness (QED) is 0.600. The molecular weight excluding hydrogens is 275 g/mol. The average Bonchev–Trinajstić information content (AvgIpc) is 2.98. The largest absolute Gasteiger partial charge is 0.494 e. The number of ether oxygens (including phenoxy) is 1. The van der Waals surface area contributed by atoms with E-state index in [0.29, 0.717) is 17.7 Å². The first-order valence-corrected chi connectivity index (χ1v) is 8.18. The number of halogens is 1. The van der Waals surface area contributed by atoms with E-state index >= 15 is 0 Å². The van der Waals surface area contributed by atoms with Crippen molar-refractivity contribution in [1.82, 2.24) is 5.43 Å². The van der Waals surface area contributed by atoms with Crippen LogP contribution < -0.4 is 16.0 Å². The second kappa shape index (κ2) is 7.86. The smallest absolute Gasteiger partial charge is 0.168 e. The van der Waals surface area contributed by atoms with Crippen molar-refractivity contribution in [2.45, 2.75) is 43.4 Å². The molecule has 1 aliphatic rings. The molecule has 1 unspecified atom stereocenters. The molecule has 0 aliphatic heterocycles. The Morgan fingerprint density at radius 3 is 2.85 bits per heavy atom. The Labute approximate surface area is 124 Å². The molecule has 3 nitrogen and oxygen atoms in total. The van der Waals surface area contributed by atoms with Crippen molar-refractivity contribution in [2.24, 2.45) is 5.84 Å². The van der Waals surface area contributed by atoms with Gasteiger partial charge in [0, 0.05) is 17.0 Å². The normalized spacial score (nSPS) is 17.4. The van der Waals surface area contributed by atoms with Gasteiger partial charge in [-0.05, 0) is 30.9 Å². The fourth-order valence-corrected chi connectivity index (χ4v) is 4.00. The predicted molar refractivity (Wildman–Crippen MR) is 82.5 cm³/mol. The highest BCUT2D eigenvalue weighted by molar-refractivity contribution is 7.99. The van der Waals surface area contributed by atoms with Gasteiger partial charge >= 0.3 is 0 Å². The average molecular weight is 298 g/mol. The van der Waals surface area contributed by atoms with E-state index in [-0.39, 0.29) is 11.9 Å². The van der Waals surface area contributed by atoms with Gasteiger partial charge in [0.1, 0.15) is 0 Å². The van der Waals surface area contributed by atoms with Crippen LogP contribution in [0.2, 0.25) is 0 Å². The lowest BCUT2D eigenvalue weighted by Crippen LogP contribution is -2.39. The summed E-state index contributed by atoms with van der Waals surface area (Å²) in [5.41, 5.74) is 3.46. The second-order valence-corrected chi connectivity index (χ2v) is 6.57. The number of hydrogen-bond acceptors (Lipinski definition) is 4. The van der Waals surface area contributed by atoms with Crippen molar-refractivity contribution < 1.29 is 9.13 Å². The monoisotopic (exact) mass is 298 g/mol. The van der Waals surface area contributed by atoms with Gasteiger partial charge in [-0.2, -0.15) is 11.8 Å². The van der Waals surface area contributed by atoms with E-state index in [1.807, 2.05) is 17.8 Å². The van der Waals surface area contributed by atoms with E-state index in [1.165, 1.54) is 32.8 Å². The van der Waals surface area contributed by atoms with Crippen molar-refractivity contribution in [2.75, 3.05) is 12.9 Å². The number of hydrazine groups is 1. The Bertz CT molecular complexity index is 424. The number of nitrogens with one attached hydrogen (secondary N) is 1. The number of hydrogen-bond donors (Lipinski definition) is 2. The van der Waals surface area contributed by atoms with Crippen molar-refractivity contribution in [3.63, 3.8) is 0 Å². The van der Waals surface area contributed by atoms with Crippen molar-refractivity contribution in [3.8, 4) is 5.75 Å². The van der Waals surface area contributed by atoms with Crippen LogP contribution in [-0.4, -0.2) is 24.2 Å². The summed E-state index contributed by atoms with van der Waals surface area (Å²) in [5.74, 6) is 6.54. The summed E-state index contributed by atoms with van der Waals surface area (Å²) in [6.07, 6.45) is 5.86. The zero-order valence-electron chi connectivity index (χ0n) is 11.9. The first-order valence-electron chi connectivity index (χ1n) is 7.13. The summed E-state index contributed by atoms with van der Waals surface area (Å²) >= 11 is 1.96. The van der Waals surface area contributed by atoms with Crippen LogP contribution in [0.5, 0.6) is 5.75 Å². The number of nitrogens with two attached hydrogens (primary N) is 1. The Morgan fingerprint density at radius 2 is 2.20 bits per heavy atom. The number of thioether (sulfide) groups is 1. The van der Waals surface area contributed by atoms with E-state index in [0.717, 1.165) is 11.0 Å². The molecule has 0 radical (unpaired) electrons. The summed E-state index contributed by atoms with van der Waals surface area (Å²) in [7, 11) is 1.48. The Morgan fingerprint density at radius 1 is 1.45 bits per heavy atom. The molecule has 0 heterocycles. The van der Waals surface area contributed by atoms with E-state index in [2.05, 4.69) is 5.43 Å². The van der Waals surface area contributed by atoms with Gasteiger partial charge in [-0.1, -0.05) is 25.0 Å². The van der Waals surface area contributed by atoms with Crippen molar-refractivity contribution in [1.29, 1.82) is 0 Å². The minimum Gasteiger partial charge on any atom is -0.494 e. The first kappa shape index (κ1) is 15.6. The lowest BCUT2D eigenvalue weighted by Gasteiger charge is -2.18. The van der Waals surface area contributed by atoms with Crippen LogP contribution in [0.25, 0.3) is 0 Å². The SMILES string of the molecule is COc1cccc(CC(CSC2CCCC2)NN)c1F. The highest BCUT2D eigenvalue weighted by Gasteiger charge is 2.19. The Hall–Kier alpha value is -0.780. The van der Waals surface area contributed by atoms with E-state index in [4.69, 9.17) is 10.6 Å². The fourth-order valence-electron chi connectivity index (χ4n) is 2.61. The van der Waals surface area contributed by atoms with Crippen LogP contribution in [0.15, 0.2) is 18.2 Å². The van der Waals surface area contributed by atoms with Gasteiger partial charge in [-0.3, -0.25) is 11.3 Å². The third-order valence-corrected chi connectivity index (χ3v) is 5.34. The van der Waals surface area contributed by atoms with Gasteiger partial charge in [0.25, 0.3) is 0 Å². The van der Waals surface area contributed by atoms with Gasteiger partial charge in [0.2, 0.25) is 0 Å². The van der Waals surface area contributed by atoms with Crippen molar-refractivity contribution in [3.05, 3.63) is 29.6 Å². The van der Waals surface area contributed by atoms with Gasteiger partial charge in [0.05, 0.1) is 7.11 Å². The van der Waals surface area contributed by atoms with E-state index in [1.54, 1.807) is 12.1 Å². The predicted octanol–water partition coefficient (Wildman–Crippen LogP) is 2.88. The zero-order chi connectivity index (χ0) is 14.4. The lowest BCUT2D eigenvalue weighted by atomic mass is 10.1. The summed E-state index contributed by atoms with van der Waals surface area (Å²) < 4.78 is 19.1. The molecule has 1 saturated carbocycles. The van der Waals surface area contributed by atoms with Crippen LogP contribution in [0.4, 0.5) is 4.39 Å². The topological polar surface area (TPSA) is 47.3 Å². The van der Waals surface area contributed by atoms with Crippen LogP contribution in [0.3, 0.4) is 0 Å². The third kappa shape index (κ3) is 4.11. The molecule has 1 aliphatic carbocycles. The van der Waals surface area contributed by atoms with Gasteiger partial charge in [0.15, 0.2) is 11.6 Å². The standard InChI is InChI=1S/C15H23FN2OS/c1-19-14-8-4-5-11(15(14)16)9-12(18-17)10-20-13-6-2-3-7-13/h4-5,8,12-13,18H,2-3,6-7,9-10,17H2,1H3. The highest BCUT2D eigenvalue weighted by Crippen LogP contribution is 2.30. The van der Waals surface area contributed by atoms with Crippen LogP contribution in [-0.2, 0) is 6.42 Å². The molecule has 1 aromatic rings. The summed E-state index contributed by atoms with van der Waals surface area (Å²) in [4.78, 5) is 0. The number of rotatable bonds is 7. The van der Waals surface area contributed by atoms with Crippen LogP contribution in [0, 0.1) is 5.82 Å². The molecular formula is C15H23FN2OS. The maximum atomic E-state index is 14.1. The van der Waals surface area contributed by atoms with E-state index in [9.17, 15) is 4.39 Å². The van der Waals surface area contributed by atoms with Gasteiger partial charge in [-0.25, -0.2) is 4.39 Å². The summed E-state index contributed by atoms with van der Waals surface area (Å²) in [5, 5.41) is 0.751. The molecule has 5 heteroatoms. The van der Waals surface area contributed by atoms with Crippen LogP contribution >= 0.6 is 11.8 Å². The molecule has 0 saturated heterocycles. The lowest BCUT2D eigenvalue weighted by molar-refractivity contribution is 0.383. The molecule has 1 atom stereocenters. The molecule has 1 aromatic carbocycles. The molecule has 112 valence electrons. The van der Waals surface area contributed by atoms with Crippen LogP contribution in [0.1, 0.15) is 31.2 Å².